The Morgan fingerprint density at radius 1 is 0.667 bits per heavy atom. The number of aromatic nitrogens is 2. The third kappa shape index (κ3) is 12.6. The number of hydrogen-bond donors (Lipinski definition) is 1. The molecule has 0 fully saturated rings. The van der Waals surface area contributed by atoms with E-state index < -0.39 is 0 Å². The van der Waals surface area contributed by atoms with Gasteiger partial charge in [0.1, 0.15) is 5.82 Å². The van der Waals surface area contributed by atoms with Gasteiger partial charge in [-0.15, -0.1) is 0 Å². The average molecular weight is 335 g/mol. The Balaban J connectivity index is 1.70. The minimum absolute atomic E-state index is 1.04. The molecule has 0 unspecified atom stereocenters. The molecule has 0 atom stereocenters. The van der Waals surface area contributed by atoms with Crippen LogP contribution in [0.1, 0.15) is 121 Å². The number of aromatic amines is 1. The quantitative estimate of drug-likeness (QED) is 0.293. The van der Waals surface area contributed by atoms with Crippen LogP contribution in [-0.2, 0) is 6.42 Å². The van der Waals surface area contributed by atoms with Gasteiger partial charge in [-0.1, -0.05) is 103 Å². The number of aryl methyl sites for hydroxylation is 2. The lowest BCUT2D eigenvalue weighted by molar-refractivity contribution is 0.529. The van der Waals surface area contributed by atoms with Crippen molar-refractivity contribution in [2.24, 2.45) is 0 Å². The minimum atomic E-state index is 1.04. The SMILES string of the molecule is CCCCCCCCCCCCCCCCCCc1c[nH]c(C)n1. The molecule has 1 rings (SSSR count). The van der Waals surface area contributed by atoms with Crippen molar-refractivity contribution in [3.05, 3.63) is 17.7 Å². The summed E-state index contributed by atoms with van der Waals surface area (Å²) < 4.78 is 0. The Morgan fingerprint density at radius 2 is 1.08 bits per heavy atom. The molecule has 2 nitrogen and oxygen atoms in total. The number of H-pyrrole nitrogens is 1. The van der Waals surface area contributed by atoms with Crippen molar-refractivity contribution in [1.82, 2.24) is 9.97 Å². The van der Waals surface area contributed by atoms with E-state index in [-0.39, 0.29) is 0 Å². The van der Waals surface area contributed by atoms with Gasteiger partial charge in [-0.05, 0) is 19.8 Å². The fraction of sp³-hybridized carbons (Fsp3) is 0.864. The lowest BCUT2D eigenvalue weighted by Crippen LogP contribution is -1.87. The molecule has 24 heavy (non-hydrogen) atoms. The van der Waals surface area contributed by atoms with Crippen LogP contribution in [-0.4, -0.2) is 9.97 Å². The topological polar surface area (TPSA) is 28.7 Å². The molecule has 0 amide bonds. The van der Waals surface area contributed by atoms with Gasteiger partial charge in [0.15, 0.2) is 0 Å². The number of unbranched alkanes of at least 4 members (excludes halogenated alkanes) is 15. The van der Waals surface area contributed by atoms with Crippen molar-refractivity contribution >= 4 is 0 Å². The summed E-state index contributed by atoms with van der Waals surface area (Å²) in [5.41, 5.74) is 1.23. The molecule has 1 N–H and O–H groups in total. The fourth-order valence-corrected chi connectivity index (χ4v) is 3.45. The second-order valence-corrected chi connectivity index (χ2v) is 7.53. The molecule has 0 saturated carbocycles. The number of nitrogens with one attached hydrogen (secondary N) is 1. The lowest BCUT2D eigenvalue weighted by Gasteiger charge is -2.03. The Labute approximate surface area is 151 Å². The van der Waals surface area contributed by atoms with Crippen LogP contribution in [0.5, 0.6) is 0 Å². The average Bonchev–Trinajstić information content (AvgIpc) is 3.00. The third-order valence-electron chi connectivity index (χ3n) is 5.05. The molecule has 1 aromatic heterocycles. The monoisotopic (exact) mass is 334 g/mol. The molecular formula is C22H42N2. The van der Waals surface area contributed by atoms with Crippen molar-refractivity contribution in [1.29, 1.82) is 0 Å². The van der Waals surface area contributed by atoms with Gasteiger partial charge in [-0.25, -0.2) is 4.98 Å². The molecule has 140 valence electrons. The van der Waals surface area contributed by atoms with Gasteiger partial charge < -0.3 is 4.98 Å². The van der Waals surface area contributed by atoms with E-state index in [0.29, 0.717) is 0 Å². The molecule has 0 saturated heterocycles. The van der Waals surface area contributed by atoms with Crippen LogP contribution in [0.25, 0.3) is 0 Å². The maximum Gasteiger partial charge on any atom is 0.103 e. The van der Waals surface area contributed by atoms with Gasteiger partial charge >= 0.3 is 0 Å². The maximum absolute atomic E-state index is 4.46. The number of nitrogens with zero attached hydrogens (tertiary/aromatic N) is 1. The van der Waals surface area contributed by atoms with E-state index in [0.717, 1.165) is 12.2 Å². The smallest absolute Gasteiger partial charge is 0.103 e. The van der Waals surface area contributed by atoms with Gasteiger partial charge in [-0.2, -0.15) is 0 Å². The van der Waals surface area contributed by atoms with E-state index in [1.54, 1.807) is 0 Å². The molecular weight excluding hydrogens is 292 g/mol. The molecule has 1 aromatic rings. The summed E-state index contributed by atoms with van der Waals surface area (Å²) in [5.74, 6) is 1.04. The zero-order chi connectivity index (χ0) is 17.3. The number of rotatable bonds is 17. The van der Waals surface area contributed by atoms with Crippen molar-refractivity contribution in [2.75, 3.05) is 0 Å². The summed E-state index contributed by atoms with van der Waals surface area (Å²) in [6, 6.07) is 0. The normalized spacial score (nSPS) is 11.2. The van der Waals surface area contributed by atoms with Gasteiger partial charge in [0.05, 0.1) is 5.69 Å². The highest BCUT2D eigenvalue weighted by Crippen LogP contribution is 2.14. The maximum atomic E-state index is 4.46. The van der Waals surface area contributed by atoms with Crippen molar-refractivity contribution in [3.8, 4) is 0 Å². The second kappa shape index (κ2) is 15.7. The molecule has 0 bridgehead atoms. The highest BCUT2D eigenvalue weighted by Gasteiger charge is 1.98. The van der Waals surface area contributed by atoms with Crippen LogP contribution >= 0.6 is 0 Å². The first kappa shape index (κ1) is 21.3. The van der Waals surface area contributed by atoms with Crippen LogP contribution < -0.4 is 0 Å². The van der Waals surface area contributed by atoms with Gasteiger partial charge in [0.25, 0.3) is 0 Å². The Kier molecular flexibility index (Phi) is 13.9. The van der Waals surface area contributed by atoms with E-state index in [1.807, 2.05) is 6.92 Å². The van der Waals surface area contributed by atoms with E-state index >= 15 is 0 Å². The summed E-state index contributed by atoms with van der Waals surface area (Å²) >= 11 is 0. The summed E-state index contributed by atoms with van der Waals surface area (Å²) in [7, 11) is 0. The summed E-state index contributed by atoms with van der Waals surface area (Å²) in [6.45, 7) is 4.32. The van der Waals surface area contributed by atoms with Gasteiger partial charge in [0, 0.05) is 6.20 Å². The van der Waals surface area contributed by atoms with E-state index in [9.17, 15) is 0 Å². The van der Waals surface area contributed by atoms with Crippen LogP contribution in [0, 0.1) is 6.92 Å². The molecule has 1 heterocycles. The number of hydrogen-bond acceptors (Lipinski definition) is 1. The Hall–Kier alpha value is -0.790. The first-order chi connectivity index (χ1) is 11.8. The summed E-state index contributed by atoms with van der Waals surface area (Å²) in [4.78, 5) is 7.62. The zero-order valence-corrected chi connectivity index (χ0v) is 16.5. The standard InChI is InChI=1S/C22H42N2/c1-3-4-5-6-7-8-9-10-11-12-13-14-15-16-17-18-19-22-20-23-21(2)24-22/h20H,3-19H2,1-2H3,(H,23,24). The molecule has 0 aliphatic heterocycles. The predicted octanol–water partition coefficient (Wildman–Crippen LogP) is 7.52. The van der Waals surface area contributed by atoms with E-state index in [4.69, 9.17) is 0 Å². The molecule has 0 aliphatic rings. The van der Waals surface area contributed by atoms with Crippen molar-refractivity contribution < 1.29 is 0 Å². The highest BCUT2D eigenvalue weighted by molar-refractivity contribution is 4.99. The minimum Gasteiger partial charge on any atom is -0.349 e. The first-order valence-corrected chi connectivity index (χ1v) is 10.8. The van der Waals surface area contributed by atoms with Crippen LogP contribution in [0.2, 0.25) is 0 Å². The van der Waals surface area contributed by atoms with Crippen LogP contribution in [0.3, 0.4) is 0 Å². The summed E-state index contributed by atoms with van der Waals surface area (Å²) in [6.07, 6.45) is 26.1. The van der Waals surface area contributed by atoms with Crippen LogP contribution in [0.15, 0.2) is 6.20 Å². The lowest BCUT2D eigenvalue weighted by atomic mass is 10.0. The number of imidazole rings is 1. The molecule has 0 aliphatic carbocycles. The predicted molar refractivity (Wildman–Crippen MR) is 107 cm³/mol. The van der Waals surface area contributed by atoms with Crippen LogP contribution in [0.4, 0.5) is 0 Å². The summed E-state index contributed by atoms with van der Waals surface area (Å²) in [5, 5.41) is 0. The van der Waals surface area contributed by atoms with Gasteiger partial charge in [0.2, 0.25) is 0 Å². The molecule has 0 radical (unpaired) electrons. The van der Waals surface area contributed by atoms with Crippen molar-refractivity contribution in [3.63, 3.8) is 0 Å². The molecule has 0 aromatic carbocycles. The Bertz CT molecular complexity index is 370. The fourth-order valence-electron chi connectivity index (χ4n) is 3.45. The second-order valence-electron chi connectivity index (χ2n) is 7.53. The first-order valence-electron chi connectivity index (χ1n) is 10.8. The largest absolute Gasteiger partial charge is 0.349 e. The van der Waals surface area contributed by atoms with Crippen molar-refractivity contribution in [2.45, 2.75) is 123 Å². The zero-order valence-electron chi connectivity index (χ0n) is 16.5. The molecule has 0 spiro atoms. The Morgan fingerprint density at radius 3 is 1.46 bits per heavy atom. The van der Waals surface area contributed by atoms with E-state index in [1.165, 1.54) is 108 Å². The third-order valence-corrected chi connectivity index (χ3v) is 5.05. The molecule has 2 heteroatoms. The highest BCUT2D eigenvalue weighted by atomic mass is 14.9. The van der Waals surface area contributed by atoms with E-state index in [2.05, 4.69) is 23.1 Å². The van der Waals surface area contributed by atoms with Gasteiger partial charge in [-0.3, -0.25) is 0 Å².